The zero-order valence-electron chi connectivity index (χ0n) is 8.75. The van der Waals surface area contributed by atoms with E-state index in [1.165, 1.54) is 12.5 Å². The van der Waals surface area contributed by atoms with Gasteiger partial charge in [-0.05, 0) is 24.8 Å². The highest BCUT2D eigenvalue weighted by atomic mass is 16.3. The topological polar surface area (TPSA) is 49.3 Å². The number of hydrogen-bond acceptors (Lipinski definition) is 2. The van der Waals surface area contributed by atoms with E-state index in [0.717, 1.165) is 19.3 Å². The molecule has 0 spiro atoms. The van der Waals surface area contributed by atoms with Crippen molar-refractivity contribution in [3.63, 3.8) is 0 Å². The molecule has 1 aliphatic carbocycles. The molecule has 1 fully saturated rings. The van der Waals surface area contributed by atoms with Crippen molar-refractivity contribution in [2.45, 2.75) is 38.2 Å². The lowest BCUT2D eigenvalue weighted by Gasteiger charge is -2.35. The number of amides is 1. The van der Waals surface area contributed by atoms with Gasteiger partial charge in [0.2, 0.25) is 5.91 Å². The molecule has 2 N–H and O–H groups in total. The van der Waals surface area contributed by atoms with Crippen molar-refractivity contribution in [3.05, 3.63) is 12.7 Å². The fourth-order valence-electron chi connectivity index (χ4n) is 2.12. The summed E-state index contributed by atoms with van der Waals surface area (Å²) in [5, 5.41) is 12.8. The summed E-state index contributed by atoms with van der Waals surface area (Å²) in [5.41, 5.74) is -0.698. The van der Waals surface area contributed by atoms with Crippen LogP contribution in [0.25, 0.3) is 0 Å². The lowest BCUT2D eigenvalue weighted by atomic mass is 9.79. The van der Waals surface area contributed by atoms with Gasteiger partial charge in [0.05, 0.1) is 5.60 Å². The number of nitrogens with one attached hydrogen (secondary N) is 1. The van der Waals surface area contributed by atoms with Crippen LogP contribution >= 0.6 is 0 Å². The SMILES string of the molecule is C=CC(=O)NCC1(O)CCCC(C)C1. The molecule has 1 aliphatic rings. The lowest BCUT2D eigenvalue weighted by molar-refractivity contribution is -0.118. The summed E-state index contributed by atoms with van der Waals surface area (Å²) in [4.78, 5) is 10.9. The van der Waals surface area contributed by atoms with Gasteiger partial charge in [0.1, 0.15) is 0 Å². The Labute approximate surface area is 85.2 Å². The maximum Gasteiger partial charge on any atom is 0.243 e. The van der Waals surface area contributed by atoms with E-state index >= 15 is 0 Å². The van der Waals surface area contributed by atoms with Gasteiger partial charge in [0.25, 0.3) is 0 Å². The molecule has 0 aromatic heterocycles. The quantitative estimate of drug-likeness (QED) is 0.668. The molecule has 2 atom stereocenters. The highest BCUT2D eigenvalue weighted by Gasteiger charge is 2.32. The molecule has 1 rings (SSSR count). The van der Waals surface area contributed by atoms with Crippen LogP contribution in [0, 0.1) is 5.92 Å². The van der Waals surface area contributed by atoms with Gasteiger partial charge in [0.15, 0.2) is 0 Å². The molecular formula is C11H19NO2. The average molecular weight is 197 g/mol. The van der Waals surface area contributed by atoms with E-state index in [-0.39, 0.29) is 5.91 Å². The summed E-state index contributed by atoms with van der Waals surface area (Å²) < 4.78 is 0. The van der Waals surface area contributed by atoms with Crippen molar-refractivity contribution in [1.82, 2.24) is 5.32 Å². The second-order valence-electron chi connectivity index (χ2n) is 4.35. The van der Waals surface area contributed by atoms with Gasteiger partial charge in [-0.3, -0.25) is 4.79 Å². The molecule has 80 valence electrons. The predicted octanol–water partition coefficient (Wildman–Crippen LogP) is 1.23. The van der Waals surface area contributed by atoms with Crippen molar-refractivity contribution in [3.8, 4) is 0 Å². The number of carbonyl (C=O) groups excluding carboxylic acids is 1. The Kier molecular flexibility index (Phi) is 3.69. The minimum absolute atomic E-state index is 0.211. The summed E-state index contributed by atoms with van der Waals surface area (Å²) in [6, 6.07) is 0. The van der Waals surface area contributed by atoms with E-state index in [0.29, 0.717) is 12.5 Å². The summed E-state index contributed by atoms with van der Waals surface area (Å²) in [6.45, 7) is 5.86. The van der Waals surface area contributed by atoms with Gasteiger partial charge in [-0.2, -0.15) is 0 Å². The largest absolute Gasteiger partial charge is 0.388 e. The van der Waals surface area contributed by atoms with E-state index in [9.17, 15) is 9.90 Å². The minimum atomic E-state index is -0.698. The van der Waals surface area contributed by atoms with Gasteiger partial charge in [-0.15, -0.1) is 0 Å². The Morgan fingerprint density at radius 2 is 2.50 bits per heavy atom. The third-order valence-corrected chi connectivity index (χ3v) is 2.84. The normalized spacial score (nSPS) is 32.3. The molecule has 3 nitrogen and oxygen atoms in total. The van der Waals surface area contributed by atoms with Crippen molar-refractivity contribution in [1.29, 1.82) is 0 Å². The molecule has 2 unspecified atom stereocenters. The summed E-state index contributed by atoms with van der Waals surface area (Å²) in [5.74, 6) is 0.339. The molecule has 0 aromatic rings. The first-order valence-corrected chi connectivity index (χ1v) is 5.18. The zero-order chi connectivity index (χ0) is 10.6. The van der Waals surface area contributed by atoms with Crippen LogP contribution in [0.4, 0.5) is 0 Å². The average Bonchev–Trinajstić information content (AvgIpc) is 2.14. The zero-order valence-corrected chi connectivity index (χ0v) is 8.75. The molecular weight excluding hydrogens is 178 g/mol. The molecule has 1 amide bonds. The van der Waals surface area contributed by atoms with Crippen molar-refractivity contribution in [2.75, 3.05) is 6.54 Å². The lowest BCUT2D eigenvalue weighted by Crippen LogP contribution is -2.45. The first kappa shape index (κ1) is 11.2. The second kappa shape index (κ2) is 4.60. The number of carbonyl (C=O) groups is 1. The van der Waals surface area contributed by atoms with Crippen LogP contribution in [-0.2, 0) is 4.79 Å². The van der Waals surface area contributed by atoms with Gasteiger partial charge >= 0.3 is 0 Å². The van der Waals surface area contributed by atoms with Crippen LogP contribution in [0.2, 0.25) is 0 Å². The van der Waals surface area contributed by atoms with E-state index in [1.807, 2.05) is 0 Å². The molecule has 0 radical (unpaired) electrons. The van der Waals surface area contributed by atoms with Gasteiger partial charge in [-0.1, -0.05) is 26.3 Å². The Morgan fingerprint density at radius 1 is 1.79 bits per heavy atom. The first-order valence-electron chi connectivity index (χ1n) is 5.18. The molecule has 14 heavy (non-hydrogen) atoms. The maximum absolute atomic E-state index is 10.9. The van der Waals surface area contributed by atoms with Crippen LogP contribution in [0.5, 0.6) is 0 Å². The highest BCUT2D eigenvalue weighted by Crippen LogP contribution is 2.31. The fourth-order valence-corrected chi connectivity index (χ4v) is 2.12. The molecule has 0 aliphatic heterocycles. The third-order valence-electron chi connectivity index (χ3n) is 2.84. The monoisotopic (exact) mass is 197 g/mol. The van der Waals surface area contributed by atoms with Crippen molar-refractivity contribution < 1.29 is 9.90 Å². The van der Waals surface area contributed by atoms with E-state index in [4.69, 9.17) is 0 Å². The summed E-state index contributed by atoms with van der Waals surface area (Å²) in [6.07, 6.45) is 5.02. The van der Waals surface area contributed by atoms with Crippen LogP contribution < -0.4 is 5.32 Å². The standard InChI is InChI=1S/C11H19NO2/c1-3-10(13)12-8-11(14)6-4-5-9(2)7-11/h3,9,14H,1,4-8H2,2H3,(H,12,13). The third kappa shape index (κ3) is 3.14. The summed E-state index contributed by atoms with van der Waals surface area (Å²) in [7, 11) is 0. The predicted molar refractivity (Wildman–Crippen MR) is 55.8 cm³/mol. The smallest absolute Gasteiger partial charge is 0.243 e. The highest BCUT2D eigenvalue weighted by molar-refractivity contribution is 5.86. The first-order chi connectivity index (χ1) is 6.56. The molecule has 0 bridgehead atoms. The van der Waals surface area contributed by atoms with Crippen LogP contribution in [0.3, 0.4) is 0 Å². The van der Waals surface area contributed by atoms with E-state index < -0.39 is 5.60 Å². The van der Waals surface area contributed by atoms with Crippen molar-refractivity contribution >= 4 is 5.91 Å². The number of aliphatic hydroxyl groups is 1. The molecule has 3 heteroatoms. The fraction of sp³-hybridized carbons (Fsp3) is 0.727. The van der Waals surface area contributed by atoms with E-state index in [1.54, 1.807) is 0 Å². The second-order valence-corrected chi connectivity index (χ2v) is 4.35. The van der Waals surface area contributed by atoms with Gasteiger partial charge in [0, 0.05) is 6.54 Å². The van der Waals surface area contributed by atoms with Crippen LogP contribution in [-0.4, -0.2) is 23.2 Å². The maximum atomic E-state index is 10.9. The number of rotatable bonds is 3. The summed E-state index contributed by atoms with van der Waals surface area (Å²) >= 11 is 0. The minimum Gasteiger partial charge on any atom is -0.388 e. The van der Waals surface area contributed by atoms with E-state index in [2.05, 4.69) is 18.8 Å². The Hall–Kier alpha value is -0.830. The van der Waals surface area contributed by atoms with Crippen molar-refractivity contribution in [2.24, 2.45) is 5.92 Å². The Balaban J connectivity index is 2.40. The molecule has 0 aromatic carbocycles. The molecule has 1 saturated carbocycles. The molecule has 0 saturated heterocycles. The van der Waals surface area contributed by atoms with Gasteiger partial charge in [-0.25, -0.2) is 0 Å². The number of hydrogen-bond donors (Lipinski definition) is 2. The Bertz CT molecular complexity index is 227. The molecule has 0 heterocycles. The van der Waals surface area contributed by atoms with Gasteiger partial charge < -0.3 is 10.4 Å². The van der Waals surface area contributed by atoms with Crippen LogP contribution in [0.15, 0.2) is 12.7 Å². The van der Waals surface area contributed by atoms with Crippen LogP contribution in [0.1, 0.15) is 32.6 Å². The Morgan fingerprint density at radius 3 is 3.07 bits per heavy atom.